The highest BCUT2D eigenvalue weighted by atomic mass is 16.5. The second-order valence-corrected chi connectivity index (χ2v) is 4.68. The lowest BCUT2D eigenvalue weighted by Crippen LogP contribution is -2.52. The van der Waals surface area contributed by atoms with Gasteiger partial charge >= 0.3 is 0 Å². The van der Waals surface area contributed by atoms with Crippen molar-refractivity contribution in [2.75, 3.05) is 26.2 Å². The van der Waals surface area contributed by atoms with Crippen LogP contribution in [0.25, 0.3) is 0 Å². The minimum absolute atomic E-state index is 0.0873. The molecule has 0 bridgehead atoms. The van der Waals surface area contributed by atoms with Crippen LogP contribution >= 0.6 is 0 Å². The monoisotopic (exact) mass is 260 g/mol. The van der Waals surface area contributed by atoms with Crippen LogP contribution in [0.4, 0.5) is 0 Å². The number of carbonyl (C=O) groups excluding carboxylic acids is 1. The molecule has 4 nitrogen and oxygen atoms in total. The van der Waals surface area contributed by atoms with Crippen molar-refractivity contribution in [3.05, 3.63) is 42.5 Å². The maximum atomic E-state index is 12.4. The summed E-state index contributed by atoms with van der Waals surface area (Å²) in [5, 5.41) is 3.28. The molecule has 0 aliphatic carbocycles. The maximum Gasteiger partial charge on any atom is 0.254 e. The van der Waals surface area contributed by atoms with E-state index < -0.39 is 0 Å². The van der Waals surface area contributed by atoms with Crippen molar-refractivity contribution < 1.29 is 9.53 Å². The number of benzene rings is 1. The number of hydrogen-bond acceptors (Lipinski definition) is 3. The Morgan fingerprint density at radius 3 is 2.89 bits per heavy atom. The van der Waals surface area contributed by atoms with E-state index in [0.717, 1.165) is 25.4 Å². The van der Waals surface area contributed by atoms with Crippen molar-refractivity contribution in [1.29, 1.82) is 0 Å². The molecular weight excluding hydrogens is 240 g/mol. The summed E-state index contributed by atoms with van der Waals surface area (Å²) in [6.07, 6.45) is 1.70. The molecule has 0 saturated carbocycles. The number of nitrogens with one attached hydrogen (secondary N) is 1. The van der Waals surface area contributed by atoms with E-state index >= 15 is 0 Å². The van der Waals surface area contributed by atoms with E-state index in [4.69, 9.17) is 4.74 Å². The first kappa shape index (κ1) is 13.6. The van der Waals surface area contributed by atoms with E-state index in [1.165, 1.54) is 0 Å². The predicted octanol–water partition coefficient (Wildman–Crippen LogP) is 1.69. The number of carbonyl (C=O) groups is 1. The molecule has 2 rings (SSSR count). The Kier molecular flexibility index (Phi) is 4.58. The number of rotatable bonds is 4. The van der Waals surface area contributed by atoms with Crippen LogP contribution < -0.4 is 10.1 Å². The molecule has 1 fully saturated rings. The lowest BCUT2D eigenvalue weighted by molar-refractivity contribution is 0.0656. The van der Waals surface area contributed by atoms with E-state index in [1.807, 2.05) is 29.2 Å². The number of piperazine rings is 1. The summed E-state index contributed by atoms with van der Waals surface area (Å²) in [6, 6.07) is 7.51. The molecular formula is C15H20N2O2. The van der Waals surface area contributed by atoms with Gasteiger partial charge in [0.25, 0.3) is 5.91 Å². The zero-order chi connectivity index (χ0) is 13.7. The highest BCUT2D eigenvalue weighted by Crippen LogP contribution is 2.15. The molecule has 1 aromatic carbocycles. The summed E-state index contributed by atoms with van der Waals surface area (Å²) < 4.78 is 5.40. The highest BCUT2D eigenvalue weighted by Gasteiger charge is 2.23. The molecule has 0 spiro atoms. The van der Waals surface area contributed by atoms with Gasteiger partial charge in [-0.15, -0.1) is 0 Å². The molecule has 0 aromatic heterocycles. The van der Waals surface area contributed by atoms with Crippen LogP contribution in [0.3, 0.4) is 0 Å². The van der Waals surface area contributed by atoms with Gasteiger partial charge in [0, 0.05) is 31.2 Å². The fraction of sp³-hybridized carbons (Fsp3) is 0.400. The summed E-state index contributed by atoms with van der Waals surface area (Å²) in [7, 11) is 0. The van der Waals surface area contributed by atoms with E-state index in [-0.39, 0.29) is 11.9 Å². The first-order valence-corrected chi connectivity index (χ1v) is 6.58. The first-order chi connectivity index (χ1) is 9.22. The summed E-state index contributed by atoms with van der Waals surface area (Å²) in [6.45, 7) is 8.60. The molecule has 1 heterocycles. The van der Waals surface area contributed by atoms with E-state index in [1.54, 1.807) is 6.08 Å². The Bertz CT molecular complexity index is 442. The van der Waals surface area contributed by atoms with Gasteiger partial charge < -0.3 is 15.0 Å². The largest absolute Gasteiger partial charge is 0.490 e. The fourth-order valence-corrected chi connectivity index (χ4v) is 2.16. The summed E-state index contributed by atoms with van der Waals surface area (Å²) >= 11 is 0. The Morgan fingerprint density at radius 2 is 2.26 bits per heavy atom. The predicted molar refractivity (Wildman–Crippen MR) is 75.5 cm³/mol. The van der Waals surface area contributed by atoms with Crippen LogP contribution in [-0.4, -0.2) is 43.1 Å². The first-order valence-electron chi connectivity index (χ1n) is 6.58. The highest BCUT2D eigenvalue weighted by molar-refractivity contribution is 5.94. The maximum absolute atomic E-state index is 12.4. The molecule has 19 heavy (non-hydrogen) atoms. The van der Waals surface area contributed by atoms with Crippen molar-refractivity contribution in [3.63, 3.8) is 0 Å². The molecule has 1 atom stereocenters. The van der Waals surface area contributed by atoms with Gasteiger partial charge in [-0.1, -0.05) is 12.7 Å². The third-order valence-electron chi connectivity index (χ3n) is 3.23. The van der Waals surface area contributed by atoms with E-state index in [2.05, 4.69) is 18.8 Å². The minimum Gasteiger partial charge on any atom is -0.490 e. The van der Waals surface area contributed by atoms with Gasteiger partial charge in [0.1, 0.15) is 12.4 Å². The van der Waals surface area contributed by atoms with Crippen molar-refractivity contribution >= 4 is 5.91 Å². The van der Waals surface area contributed by atoms with Gasteiger partial charge in [-0.05, 0) is 31.2 Å². The smallest absolute Gasteiger partial charge is 0.254 e. The molecule has 1 unspecified atom stereocenters. The number of amides is 1. The minimum atomic E-state index is 0.0873. The molecule has 1 aromatic rings. The molecule has 1 aliphatic rings. The number of hydrogen-bond donors (Lipinski definition) is 1. The topological polar surface area (TPSA) is 41.6 Å². The van der Waals surface area contributed by atoms with E-state index in [0.29, 0.717) is 12.2 Å². The Balaban J connectivity index is 2.04. The summed E-state index contributed by atoms with van der Waals surface area (Å²) in [5.74, 6) is 0.842. The second kappa shape index (κ2) is 6.38. The van der Waals surface area contributed by atoms with Crippen LogP contribution in [0, 0.1) is 0 Å². The standard InChI is InChI=1S/C15H20N2O2/c1-3-10-19-14-6-4-13(5-7-14)15(18)17-9-8-16-11-12(17)2/h3-7,12,16H,1,8-11H2,2H3. The molecule has 0 radical (unpaired) electrons. The molecule has 1 aliphatic heterocycles. The zero-order valence-corrected chi connectivity index (χ0v) is 11.3. The van der Waals surface area contributed by atoms with Crippen molar-refractivity contribution in [1.82, 2.24) is 10.2 Å². The number of nitrogens with zero attached hydrogens (tertiary/aromatic N) is 1. The van der Waals surface area contributed by atoms with Gasteiger partial charge in [-0.25, -0.2) is 0 Å². The average Bonchev–Trinajstić information content (AvgIpc) is 2.45. The number of ether oxygens (including phenoxy) is 1. The van der Waals surface area contributed by atoms with Crippen LogP contribution in [-0.2, 0) is 0 Å². The van der Waals surface area contributed by atoms with Crippen LogP contribution in [0.2, 0.25) is 0 Å². The van der Waals surface area contributed by atoms with Crippen molar-refractivity contribution in [3.8, 4) is 5.75 Å². The summed E-state index contributed by atoms with van der Waals surface area (Å²) in [4.78, 5) is 14.3. The SMILES string of the molecule is C=CCOc1ccc(C(=O)N2CCNCC2C)cc1. The Labute approximate surface area is 114 Å². The van der Waals surface area contributed by atoms with Crippen molar-refractivity contribution in [2.24, 2.45) is 0 Å². The third kappa shape index (κ3) is 3.35. The molecule has 1 amide bonds. The third-order valence-corrected chi connectivity index (χ3v) is 3.23. The van der Waals surface area contributed by atoms with Gasteiger partial charge in [-0.3, -0.25) is 4.79 Å². The molecule has 1 saturated heterocycles. The molecule has 102 valence electrons. The van der Waals surface area contributed by atoms with Crippen molar-refractivity contribution in [2.45, 2.75) is 13.0 Å². The van der Waals surface area contributed by atoms with Gasteiger partial charge in [-0.2, -0.15) is 0 Å². The molecule has 4 heteroatoms. The van der Waals surface area contributed by atoms with E-state index in [9.17, 15) is 4.79 Å². The Hall–Kier alpha value is -1.81. The fourth-order valence-electron chi connectivity index (χ4n) is 2.16. The van der Waals surface area contributed by atoms with Gasteiger partial charge in [0.2, 0.25) is 0 Å². The molecule has 1 N–H and O–H groups in total. The summed E-state index contributed by atoms with van der Waals surface area (Å²) in [5.41, 5.74) is 0.708. The quantitative estimate of drug-likeness (QED) is 0.838. The second-order valence-electron chi connectivity index (χ2n) is 4.68. The van der Waals surface area contributed by atoms with Crippen LogP contribution in [0.1, 0.15) is 17.3 Å². The van der Waals surface area contributed by atoms with Crippen LogP contribution in [0.5, 0.6) is 5.75 Å². The van der Waals surface area contributed by atoms with Gasteiger partial charge in [0.05, 0.1) is 0 Å². The van der Waals surface area contributed by atoms with Crippen LogP contribution in [0.15, 0.2) is 36.9 Å². The average molecular weight is 260 g/mol. The lowest BCUT2D eigenvalue weighted by Gasteiger charge is -2.34. The lowest BCUT2D eigenvalue weighted by atomic mass is 10.1. The zero-order valence-electron chi connectivity index (χ0n) is 11.3. The Morgan fingerprint density at radius 1 is 1.53 bits per heavy atom. The van der Waals surface area contributed by atoms with Gasteiger partial charge in [0.15, 0.2) is 0 Å². The normalized spacial score (nSPS) is 19.0.